The summed E-state index contributed by atoms with van der Waals surface area (Å²) in [6, 6.07) is 2.38. The van der Waals surface area contributed by atoms with Gasteiger partial charge in [0.2, 0.25) is 0 Å². The average molecular weight is 275 g/mol. The van der Waals surface area contributed by atoms with Gasteiger partial charge < -0.3 is 10.2 Å². The molecule has 0 aromatic carbocycles. The molecule has 2 heterocycles. The van der Waals surface area contributed by atoms with Crippen molar-refractivity contribution in [2.75, 3.05) is 19.6 Å². The van der Waals surface area contributed by atoms with Crippen LogP contribution < -0.4 is 5.32 Å². The van der Waals surface area contributed by atoms with Gasteiger partial charge in [-0.05, 0) is 44.4 Å². The number of nitrogens with one attached hydrogen (secondary N) is 1. The maximum atomic E-state index is 12.6. The minimum atomic E-state index is 0.114. The van der Waals surface area contributed by atoms with Gasteiger partial charge in [0.1, 0.15) is 0 Å². The number of rotatable bonds is 6. The highest BCUT2D eigenvalue weighted by atomic mass is 16.2. The van der Waals surface area contributed by atoms with E-state index in [0.29, 0.717) is 11.6 Å². The predicted molar refractivity (Wildman–Crippen MR) is 80.8 cm³/mol. The average Bonchev–Trinajstić information content (AvgIpc) is 2.95. The maximum absolute atomic E-state index is 12.6. The molecule has 1 fully saturated rings. The van der Waals surface area contributed by atoms with E-state index in [0.717, 1.165) is 38.0 Å². The Morgan fingerprint density at radius 1 is 1.50 bits per heavy atom. The van der Waals surface area contributed by atoms with Gasteiger partial charge in [0.15, 0.2) is 0 Å². The van der Waals surface area contributed by atoms with Gasteiger partial charge in [0, 0.05) is 31.5 Å². The molecule has 0 radical (unpaired) electrons. The van der Waals surface area contributed by atoms with Crippen molar-refractivity contribution >= 4 is 5.91 Å². The first-order valence-electron chi connectivity index (χ1n) is 7.65. The molecule has 1 atom stereocenters. The largest absolute Gasteiger partial charge is 0.337 e. The lowest BCUT2D eigenvalue weighted by Gasteiger charge is -2.26. The van der Waals surface area contributed by atoms with E-state index in [4.69, 9.17) is 0 Å². The number of aromatic nitrogens is 1. The Morgan fingerprint density at radius 2 is 2.35 bits per heavy atom. The molecule has 1 unspecified atom stereocenters. The van der Waals surface area contributed by atoms with Crippen LogP contribution in [0.25, 0.3) is 0 Å². The number of hydrogen-bond donors (Lipinski definition) is 1. The summed E-state index contributed by atoms with van der Waals surface area (Å²) in [4.78, 5) is 18.8. The lowest BCUT2D eigenvalue weighted by atomic mass is 10.1. The number of hydrogen-bond acceptors (Lipinski definition) is 3. The minimum Gasteiger partial charge on any atom is -0.337 e. The Hall–Kier alpha value is -1.42. The second kappa shape index (κ2) is 7.39. The molecule has 0 bridgehead atoms. The topological polar surface area (TPSA) is 45.2 Å². The summed E-state index contributed by atoms with van der Waals surface area (Å²) in [5, 5.41) is 3.47. The third-order valence-electron chi connectivity index (χ3n) is 3.79. The lowest BCUT2D eigenvalue weighted by molar-refractivity contribution is 0.0739. The highest BCUT2D eigenvalue weighted by molar-refractivity contribution is 5.94. The molecular formula is C16H25N3O. The first-order chi connectivity index (χ1) is 9.70. The summed E-state index contributed by atoms with van der Waals surface area (Å²) in [5.74, 6) is 0.114. The number of amides is 1. The lowest BCUT2D eigenvalue weighted by Crippen LogP contribution is -2.41. The maximum Gasteiger partial charge on any atom is 0.255 e. The third kappa shape index (κ3) is 4.04. The van der Waals surface area contributed by atoms with Gasteiger partial charge in [0.25, 0.3) is 5.91 Å². The van der Waals surface area contributed by atoms with Crippen LogP contribution in [0.1, 0.15) is 48.5 Å². The molecule has 1 aliphatic heterocycles. The number of pyridine rings is 1. The number of carbonyl (C=O) groups is 1. The summed E-state index contributed by atoms with van der Waals surface area (Å²) < 4.78 is 0. The summed E-state index contributed by atoms with van der Waals surface area (Å²) in [6.07, 6.45) is 8.00. The molecule has 4 nitrogen and oxygen atoms in total. The van der Waals surface area contributed by atoms with Crippen LogP contribution in [0.15, 0.2) is 18.5 Å². The van der Waals surface area contributed by atoms with Crippen LogP contribution in [0.4, 0.5) is 0 Å². The quantitative estimate of drug-likeness (QED) is 0.867. The first-order valence-corrected chi connectivity index (χ1v) is 7.65. The standard InChI is InChI=1S/C16H25N3O/c1-3-4-8-19(12-15-6-5-7-18-15)16(20)14-9-13(2)10-17-11-14/h9-11,15,18H,3-8,12H2,1-2H3. The molecule has 0 saturated carbocycles. The SMILES string of the molecule is CCCCN(CC1CCCN1)C(=O)c1cncc(C)c1. The van der Waals surface area contributed by atoms with Gasteiger partial charge in [-0.15, -0.1) is 0 Å². The van der Waals surface area contributed by atoms with Crippen LogP contribution in [0.5, 0.6) is 0 Å². The molecule has 1 aromatic heterocycles. The molecule has 1 saturated heterocycles. The molecule has 1 aliphatic rings. The molecular weight excluding hydrogens is 250 g/mol. The summed E-state index contributed by atoms with van der Waals surface area (Å²) >= 11 is 0. The van der Waals surface area contributed by atoms with Crippen LogP contribution >= 0.6 is 0 Å². The van der Waals surface area contributed by atoms with Crippen LogP contribution in [0.2, 0.25) is 0 Å². The van der Waals surface area contributed by atoms with Crippen molar-refractivity contribution in [1.29, 1.82) is 0 Å². The Labute approximate surface area is 121 Å². The van der Waals surface area contributed by atoms with Gasteiger partial charge in [0.05, 0.1) is 5.56 Å². The molecule has 20 heavy (non-hydrogen) atoms. The van der Waals surface area contributed by atoms with Crippen LogP contribution in [0.3, 0.4) is 0 Å². The Balaban J connectivity index is 2.05. The Morgan fingerprint density at radius 3 is 3.00 bits per heavy atom. The Bertz CT molecular complexity index is 441. The normalized spacial score (nSPS) is 18.2. The van der Waals surface area contributed by atoms with Gasteiger partial charge >= 0.3 is 0 Å². The van der Waals surface area contributed by atoms with E-state index < -0.39 is 0 Å². The van der Waals surface area contributed by atoms with E-state index in [1.54, 1.807) is 12.4 Å². The van der Waals surface area contributed by atoms with Crippen molar-refractivity contribution in [3.8, 4) is 0 Å². The summed E-state index contributed by atoms with van der Waals surface area (Å²) in [5.41, 5.74) is 1.74. The number of nitrogens with zero attached hydrogens (tertiary/aromatic N) is 2. The van der Waals surface area contributed by atoms with Crippen LogP contribution in [-0.4, -0.2) is 41.5 Å². The van der Waals surface area contributed by atoms with E-state index >= 15 is 0 Å². The zero-order valence-corrected chi connectivity index (χ0v) is 12.6. The third-order valence-corrected chi connectivity index (χ3v) is 3.79. The second-order valence-corrected chi connectivity index (χ2v) is 5.65. The summed E-state index contributed by atoms with van der Waals surface area (Å²) in [6.45, 7) is 6.85. The zero-order valence-electron chi connectivity index (χ0n) is 12.6. The van der Waals surface area contributed by atoms with Gasteiger partial charge in [-0.1, -0.05) is 13.3 Å². The van der Waals surface area contributed by atoms with Crippen molar-refractivity contribution < 1.29 is 4.79 Å². The zero-order chi connectivity index (χ0) is 14.4. The van der Waals surface area contributed by atoms with Crippen molar-refractivity contribution in [2.24, 2.45) is 0 Å². The molecule has 1 N–H and O–H groups in total. The smallest absolute Gasteiger partial charge is 0.255 e. The van der Waals surface area contributed by atoms with E-state index in [2.05, 4.69) is 17.2 Å². The number of unbranched alkanes of at least 4 members (excludes halogenated alkanes) is 1. The molecule has 1 amide bonds. The van der Waals surface area contributed by atoms with Crippen molar-refractivity contribution in [2.45, 2.75) is 45.6 Å². The van der Waals surface area contributed by atoms with E-state index in [1.807, 2.05) is 17.9 Å². The number of carbonyl (C=O) groups excluding carboxylic acids is 1. The van der Waals surface area contributed by atoms with E-state index in [1.165, 1.54) is 12.8 Å². The molecule has 0 aliphatic carbocycles. The fourth-order valence-corrected chi connectivity index (χ4v) is 2.66. The molecule has 110 valence electrons. The summed E-state index contributed by atoms with van der Waals surface area (Å²) in [7, 11) is 0. The van der Waals surface area contributed by atoms with E-state index in [-0.39, 0.29) is 5.91 Å². The highest BCUT2D eigenvalue weighted by Gasteiger charge is 2.22. The van der Waals surface area contributed by atoms with Crippen molar-refractivity contribution in [3.05, 3.63) is 29.6 Å². The fourth-order valence-electron chi connectivity index (χ4n) is 2.66. The van der Waals surface area contributed by atoms with Gasteiger partial charge in [-0.3, -0.25) is 9.78 Å². The van der Waals surface area contributed by atoms with E-state index in [9.17, 15) is 4.79 Å². The highest BCUT2D eigenvalue weighted by Crippen LogP contribution is 2.12. The van der Waals surface area contributed by atoms with Gasteiger partial charge in [-0.2, -0.15) is 0 Å². The molecule has 4 heteroatoms. The van der Waals surface area contributed by atoms with Crippen molar-refractivity contribution in [1.82, 2.24) is 15.2 Å². The first kappa shape index (κ1) is 15.0. The van der Waals surface area contributed by atoms with Crippen LogP contribution in [-0.2, 0) is 0 Å². The number of aryl methyl sites for hydroxylation is 1. The van der Waals surface area contributed by atoms with Crippen LogP contribution in [0, 0.1) is 6.92 Å². The Kier molecular flexibility index (Phi) is 5.53. The van der Waals surface area contributed by atoms with Gasteiger partial charge in [-0.25, -0.2) is 0 Å². The predicted octanol–water partition coefficient (Wildman–Crippen LogP) is 2.38. The molecule has 1 aromatic rings. The molecule has 0 spiro atoms. The fraction of sp³-hybridized carbons (Fsp3) is 0.625. The second-order valence-electron chi connectivity index (χ2n) is 5.65. The molecule has 2 rings (SSSR count). The minimum absolute atomic E-state index is 0.114. The van der Waals surface area contributed by atoms with Crippen molar-refractivity contribution in [3.63, 3.8) is 0 Å². The monoisotopic (exact) mass is 275 g/mol.